The number of hydrogen-bond donors (Lipinski definition) is 0. The molecule has 0 atom stereocenters. The molecule has 0 spiro atoms. The van der Waals surface area contributed by atoms with Crippen LogP contribution in [-0.4, -0.2) is 29.3 Å². The first-order valence-corrected chi connectivity index (χ1v) is 6.14. The smallest absolute Gasteiger partial charge is 0.259 e. The molecule has 1 aliphatic rings. The van der Waals surface area contributed by atoms with Crippen molar-refractivity contribution < 1.29 is 4.74 Å². The highest BCUT2D eigenvalue weighted by molar-refractivity contribution is 7.80. The molecule has 0 saturated heterocycles. The van der Waals surface area contributed by atoms with Crippen molar-refractivity contribution in [2.75, 3.05) is 13.1 Å². The van der Waals surface area contributed by atoms with E-state index in [0.29, 0.717) is 11.3 Å². The van der Waals surface area contributed by atoms with E-state index in [1.807, 2.05) is 0 Å². The summed E-state index contributed by atoms with van der Waals surface area (Å²) in [6.07, 6.45) is 6.70. The van der Waals surface area contributed by atoms with E-state index in [0.717, 1.165) is 13.1 Å². The molecule has 1 fully saturated rings. The highest BCUT2D eigenvalue weighted by Gasteiger charge is 2.17. The normalized spacial score (nSPS) is 17.9. The first kappa shape index (κ1) is 11.8. The number of thiocarbonyl (C=S) groups is 1. The summed E-state index contributed by atoms with van der Waals surface area (Å²) >= 11 is 5.26. The molecule has 0 aromatic rings. The highest BCUT2D eigenvalue weighted by atomic mass is 32.1. The van der Waals surface area contributed by atoms with Crippen molar-refractivity contribution in [2.24, 2.45) is 0 Å². The Hall–Kier alpha value is -0.310. The largest absolute Gasteiger partial charge is 0.468 e. The average Bonchev–Trinajstić information content (AvgIpc) is 2.21. The van der Waals surface area contributed by atoms with Crippen LogP contribution in [0.5, 0.6) is 0 Å². The van der Waals surface area contributed by atoms with Gasteiger partial charge in [0.25, 0.3) is 5.17 Å². The van der Waals surface area contributed by atoms with Crippen LogP contribution in [0.1, 0.15) is 46.0 Å². The first-order valence-electron chi connectivity index (χ1n) is 5.73. The van der Waals surface area contributed by atoms with Crippen molar-refractivity contribution in [3.05, 3.63) is 0 Å². The van der Waals surface area contributed by atoms with E-state index < -0.39 is 0 Å². The van der Waals surface area contributed by atoms with Gasteiger partial charge in [0.2, 0.25) is 0 Å². The highest BCUT2D eigenvalue weighted by Crippen LogP contribution is 2.20. The van der Waals surface area contributed by atoms with Gasteiger partial charge in [-0.3, -0.25) is 0 Å². The van der Waals surface area contributed by atoms with Gasteiger partial charge >= 0.3 is 0 Å². The molecular formula is C11H21NOS. The van der Waals surface area contributed by atoms with Gasteiger partial charge in [0.15, 0.2) is 0 Å². The van der Waals surface area contributed by atoms with Crippen molar-refractivity contribution >= 4 is 17.4 Å². The molecule has 0 N–H and O–H groups in total. The zero-order valence-electron chi connectivity index (χ0n) is 9.29. The SMILES string of the molecule is CCN(CC)C(=S)OC1CCCCC1. The molecule has 1 saturated carbocycles. The van der Waals surface area contributed by atoms with Crippen LogP contribution in [-0.2, 0) is 4.74 Å². The van der Waals surface area contributed by atoms with Gasteiger partial charge in [0.1, 0.15) is 6.10 Å². The van der Waals surface area contributed by atoms with Crippen molar-refractivity contribution in [1.82, 2.24) is 4.90 Å². The van der Waals surface area contributed by atoms with E-state index in [1.54, 1.807) is 0 Å². The van der Waals surface area contributed by atoms with Crippen LogP contribution in [0, 0.1) is 0 Å². The van der Waals surface area contributed by atoms with Crippen LogP contribution < -0.4 is 0 Å². The fourth-order valence-electron chi connectivity index (χ4n) is 1.88. The number of hydrogen-bond acceptors (Lipinski definition) is 2. The lowest BCUT2D eigenvalue weighted by Gasteiger charge is -2.28. The van der Waals surface area contributed by atoms with Crippen molar-refractivity contribution in [3.63, 3.8) is 0 Å². The molecule has 0 unspecified atom stereocenters. The number of rotatable bonds is 3. The molecule has 0 radical (unpaired) electrons. The second-order valence-electron chi connectivity index (χ2n) is 3.82. The van der Waals surface area contributed by atoms with E-state index in [9.17, 15) is 0 Å². The number of ether oxygens (including phenoxy) is 1. The Morgan fingerprint density at radius 2 is 1.79 bits per heavy atom. The summed E-state index contributed by atoms with van der Waals surface area (Å²) in [7, 11) is 0. The second kappa shape index (κ2) is 6.23. The second-order valence-corrected chi connectivity index (χ2v) is 4.17. The lowest BCUT2D eigenvalue weighted by molar-refractivity contribution is 0.122. The summed E-state index contributed by atoms with van der Waals surface area (Å²) in [5.74, 6) is 0. The van der Waals surface area contributed by atoms with Crippen LogP contribution in [0.15, 0.2) is 0 Å². The average molecular weight is 215 g/mol. The Balaban J connectivity index is 2.30. The molecule has 0 amide bonds. The van der Waals surface area contributed by atoms with Gasteiger partial charge in [0, 0.05) is 13.1 Å². The van der Waals surface area contributed by atoms with Gasteiger partial charge in [-0.15, -0.1) is 0 Å². The first-order chi connectivity index (χ1) is 6.77. The van der Waals surface area contributed by atoms with Gasteiger partial charge in [-0.2, -0.15) is 0 Å². The molecule has 1 rings (SSSR count). The van der Waals surface area contributed by atoms with Crippen LogP contribution in [0.2, 0.25) is 0 Å². The molecule has 0 aromatic carbocycles. The van der Waals surface area contributed by atoms with E-state index in [2.05, 4.69) is 18.7 Å². The van der Waals surface area contributed by atoms with E-state index in [-0.39, 0.29) is 0 Å². The lowest BCUT2D eigenvalue weighted by atomic mass is 9.98. The fraction of sp³-hybridized carbons (Fsp3) is 0.909. The minimum absolute atomic E-state index is 0.386. The Morgan fingerprint density at radius 1 is 1.21 bits per heavy atom. The number of nitrogens with zero attached hydrogens (tertiary/aromatic N) is 1. The van der Waals surface area contributed by atoms with Crippen molar-refractivity contribution in [3.8, 4) is 0 Å². The maximum Gasteiger partial charge on any atom is 0.259 e. The van der Waals surface area contributed by atoms with Crippen LogP contribution in [0.3, 0.4) is 0 Å². The van der Waals surface area contributed by atoms with Gasteiger partial charge < -0.3 is 9.64 Å². The van der Waals surface area contributed by atoms with E-state index >= 15 is 0 Å². The summed E-state index contributed by atoms with van der Waals surface area (Å²) in [6.45, 7) is 6.12. The monoisotopic (exact) mass is 215 g/mol. The molecule has 0 aromatic heterocycles. The molecule has 0 aliphatic heterocycles. The molecule has 3 heteroatoms. The minimum atomic E-state index is 0.386. The maximum atomic E-state index is 5.79. The Labute approximate surface area is 92.6 Å². The Morgan fingerprint density at radius 3 is 2.29 bits per heavy atom. The standard InChI is InChI=1S/C11H21NOS/c1-3-12(4-2)11(14)13-10-8-6-5-7-9-10/h10H,3-9H2,1-2H3. The third-order valence-corrected chi connectivity index (χ3v) is 3.20. The van der Waals surface area contributed by atoms with Gasteiger partial charge in [-0.05, 0) is 51.7 Å². The zero-order valence-corrected chi connectivity index (χ0v) is 10.1. The van der Waals surface area contributed by atoms with Crippen LogP contribution in [0.25, 0.3) is 0 Å². The van der Waals surface area contributed by atoms with Gasteiger partial charge in [-0.25, -0.2) is 0 Å². The quantitative estimate of drug-likeness (QED) is 0.672. The molecule has 0 bridgehead atoms. The fourth-order valence-corrected chi connectivity index (χ4v) is 2.28. The molecular weight excluding hydrogens is 194 g/mol. The van der Waals surface area contributed by atoms with E-state index in [4.69, 9.17) is 17.0 Å². The molecule has 2 nitrogen and oxygen atoms in total. The zero-order chi connectivity index (χ0) is 10.4. The topological polar surface area (TPSA) is 12.5 Å². The summed E-state index contributed by atoms with van der Waals surface area (Å²) in [5, 5.41) is 0.696. The molecule has 82 valence electrons. The summed E-state index contributed by atoms with van der Waals surface area (Å²) in [5.41, 5.74) is 0. The van der Waals surface area contributed by atoms with Crippen molar-refractivity contribution in [1.29, 1.82) is 0 Å². The Bertz CT molecular complexity index is 174. The third kappa shape index (κ3) is 3.45. The van der Waals surface area contributed by atoms with Crippen LogP contribution in [0.4, 0.5) is 0 Å². The summed E-state index contributed by atoms with van der Waals surface area (Å²) < 4.78 is 5.79. The lowest BCUT2D eigenvalue weighted by Crippen LogP contribution is -2.34. The maximum absolute atomic E-state index is 5.79. The molecule has 1 aliphatic carbocycles. The van der Waals surface area contributed by atoms with E-state index in [1.165, 1.54) is 32.1 Å². The predicted molar refractivity (Wildman–Crippen MR) is 63.5 cm³/mol. The summed E-state index contributed by atoms with van der Waals surface area (Å²) in [6, 6.07) is 0. The molecule has 0 heterocycles. The van der Waals surface area contributed by atoms with Gasteiger partial charge in [0.05, 0.1) is 0 Å². The minimum Gasteiger partial charge on any atom is -0.468 e. The third-order valence-electron chi connectivity index (χ3n) is 2.84. The predicted octanol–water partition coefficient (Wildman–Crippen LogP) is 2.96. The Kier molecular flexibility index (Phi) is 5.23. The van der Waals surface area contributed by atoms with Crippen LogP contribution >= 0.6 is 12.2 Å². The van der Waals surface area contributed by atoms with Gasteiger partial charge in [-0.1, -0.05) is 6.42 Å². The summed E-state index contributed by atoms with van der Waals surface area (Å²) in [4.78, 5) is 2.10. The van der Waals surface area contributed by atoms with Crippen molar-refractivity contribution in [2.45, 2.75) is 52.1 Å². The molecule has 14 heavy (non-hydrogen) atoms.